The van der Waals surface area contributed by atoms with Gasteiger partial charge >= 0.3 is 0 Å². The molecule has 2 N–H and O–H groups in total. The molecule has 1 unspecified atom stereocenters. The predicted molar refractivity (Wildman–Crippen MR) is 84.9 cm³/mol. The van der Waals surface area contributed by atoms with Crippen LogP contribution in [0.2, 0.25) is 0 Å². The van der Waals surface area contributed by atoms with Crippen LogP contribution in [0.3, 0.4) is 0 Å². The molecule has 2 rings (SSSR count). The molecule has 1 heterocycles. The van der Waals surface area contributed by atoms with Crippen molar-refractivity contribution in [3.8, 4) is 5.75 Å². The minimum absolute atomic E-state index is 0.00237. The summed E-state index contributed by atoms with van der Waals surface area (Å²) in [6.07, 6.45) is 3.35. The highest BCUT2D eigenvalue weighted by atomic mass is 16.5. The number of likely N-dealkylation sites (N-methyl/N-ethyl adjacent to an activating group) is 1. The van der Waals surface area contributed by atoms with Gasteiger partial charge in [-0.1, -0.05) is 12.1 Å². The number of hydrogen-bond acceptors (Lipinski definition) is 4. The summed E-state index contributed by atoms with van der Waals surface area (Å²) in [7, 11) is 3.39. The van der Waals surface area contributed by atoms with Gasteiger partial charge in [0.2, 0.25) is 0 Å². The summed E-state index contributed by atoms with van der Waals surface area (Å²) in [6, 6.07) is 7.76. The van der Waals surface area contributed by atoms with Crippen LogP contribution in [0.1, 0.15) is 22.8 Å². The van der Waals surface area contributed by atoms with Crippen molar-refractivity contribution in [2.45, 2.75) is 19.5 Å². The van der Waals surface area contributed by atoms with Crippen LogP contribution in [0.5, 0.6) is 5.75 Å². The summed E-state index contributed by atoms with van der Waals surface area (Å²) < 4.78 is 6.88. The molecule has 0 bridgehead atoms. The van der Waals surface area contributed by atoms with E-state index >= 15 is 0 Å². The average Bonchev–Trinajstić information content (AvgIpc) is 3.01. The van der Waals surface area contributed by atoms with Gasteiger partial charge < -0.3 is 15.4 Å². The van der Waals surface area contributed by atoms with E-state index in [1.54, 1.807) is 36.1 Å². The molecule has 0 radical (unpaired) electrons. The molecule has 6 nitrogen and oxygen atoms in total. The smallest absolute Gasteiger partial charge is 0.257 e. The van der Waals surface area contributed by atoms with Gasteiger partial charge in [0, 0.05) is 25.8 Å². The van der Waals surface area contributed by atoms with Crippen LogP contribution in [0.4, 0.5) is 0 Å². The van der Waals surface area contributed by atoms with Gasteiger partial charge in [-0.05, 0) is 24.6 Å². The first-order valence-electron chi connectivity index (χ1n) is 7.17. The van der Waals surface area contributed by atoms with Crippen LogP contribution in [-0.4, -0.2) is 47.3 Å². The average molecular weight is 302 g/mol. The Morgan fingerprint density at radius 2 is 2.09 bits per heavy atom. The predicted octanol–water partition coefficient (Wildman–Crippen LogP) is 1.36. The van der Waals surface area contributed by atoms with Gasteiger partial charge in [0.05, 0.1) is 25.4 Å². The number of benzene rings is 1. The van der Waals surface area contributed by atoms with Crippen LogP contribution in [0.15, 0.2) is 36.7 Å². The number of aromatic nitrogens is 2. The van der Waals surface area contributed by atoms with Crippen molar-refractivity contribution >= 4 is 5.91 Å². The second-order valence-electron chi connectivity index (χ2n) is 5.28. The summed E-state index contributed by atoms with van der Waals surface area (Å²) >= 11 is 0. The first-order valence-corrected chi connectivity index (χ1v) is 7.17. The van der Waals surface area contributed by atoms with E-state index < -0.39 is 0 Å². The maximum Gasteiger partial charge on any atom is 0.257 e. The van der Waals surface area contributed by atoms with Crippen molar-refractivity contribution in [2.24, 2.45) is 5.73 Å². The molecule has 0 fully saturated rings. The second-order valence-corrected chi connectivity index (χ2v) is 5.28. The normalized spacial score (nSPS) is 12.0. The van der Waals surface area contributed by atoms with Gasteiger partial charge in [-0.15, -0.1) is 0 Å². The van der Waals surface area contributed by atoms with Gasteiger partial charge in [-0.3, -0.25) is 9.48 Å². The molecule has 0 aliphatic carbocycles. The Morgan fingerprint density at radius 1 is 1.41 bits per heavy atom. The van der Waals surface area contributed by atoms with Crippen molar-refractivity contribution < 1.29 is 9.53 Å². The van der Waals surface area contributed by atoms with E-state index in [0.717, 1.165) is 11.3 Å². The number of nitrogens with two attached hydrogens (primary N) is 1. The van der Waals surface area contributed by atoms with Crippen molar-refractivity contribution in [3.05, 3.63) is 47.8 Å². The molecule has 118 valence electrons. The summed E-state index contributed by atoms with van der Waals surface area (Å²) in [5.41, 5.74) is 7.25. The zero-order chi connectivity index (χ0) is 16.1. The van der Waals surface area contributed by atoms with Crippen molar-refractivity contribution in [3.63, 3.8) is 0 Å². The number of hydrogen-bond donors (Lipinski definition) is 1. The Balaban J connectivity index is 2.05. The van der Waals surface area contributed by atoms with Gasteiger partial charge in [0.15, 0.2) is 0 Å². The van der Waals surface area contributed by atoms with E-state index in [9.17, 15) is 4.79 Å². The molecule has 0 saturated heterocycles. The molecular weight excluding hydrogens is 280 g/mol. The largest absolute Gasteiger partial charge is 0.497 e. The van der Waals surface area contributed by atoms with Crippen LogP contribution >= 0.6 is 0 Å². The number of amides is 1. The summed E-state index contributed by atoms with van der Waals surface area (Å²) in [5, 5.41) is 4.25. The Labute approximate surface area is 130 Å². The first-order chi connectivity index (χ1) is 10.5. The molecular formula is C16H22N4O2. The molecule has 0 saturated carbocycles. The minimum Gasteiger partial charge on any atom is -0.497 e. The van der Waals surface area contributed by atoms with Gasteiger partial charge in [-0.2, -0.15) is 5.10 Å². The van der Waals surface area contributed by atoms with Gasteiger partial charge in [0.25, 0.3) is 5.91 Å². The molecule has 0 aliphatic rings. The highest BCUT2D eigenvalue weighted by molar-refractivity contribution is 5.93. The van der Waals surface area contributed by atoms with Crippen molar-refractivity contribution in [1.82, 2.24) is 14.7 Å². The molecule has 2 aromatic rings. The van der Waals surface area contributed by atoms with Gasteiger partial charge in [0.1, 0.15) is 5.75 Å². The van der Waals surface area contributed by atoms with Crippen molar-refractivity contribution in [1.29, 1.82) is 0 Å². The van der Waals surface area contributed by atoms with E-state index in [-0.39, 0.29) is 11.9 Å². The molecule has 6 heteroatoms. The number of carbonyl (C=O) groups excluding carboxylic acids is 1. The summed E-state index contributed by atoms with van der Waals surface area (Å²) in [5.74, 6) is 0.747. The SMILES string of the molecule is COc1ccc(Cn2cc(C(=O)N(C)C(C)CN)cn2)cc1. The number of rotatable bonds is 6. The summed E-state index contributed by atoms with van der Waals surface area (Å²) in [4.78, 5) is 13.9. The van der Waals surface area contributed by atoms with Gasteiger partial charge in [-0.25, -0.2) is 0 Å². The fourth-order valence-electron chi connectivity index (χ4n) is 2.04. The lowest BCUT2D eigenvalue weighted by molar-refractivity contribution is 0.0748. The quantitative estimate of drug-likeness (QED) is 0.874. The number of carbonyl (C=O) groups is 1. The zero-order valence-electron chi connectivity index (χ0n) is 13.2. The van der Waals surface area contributed by atoms with E-state index in [0.29, 0.717) is 18.7 Å². The van der Waals surface area contributed by atoms with Crippen LogP contribution in [0, 0.1) is 0 Å². The maximum atomic E-state index is 12.3. The Bertz CT molecular complexity index is 621. The molecule has 1 aromatic carbocycles. The molecule has 0 aliphatic heterocycles. The zero-order valence-corrected chi connectivity index (χ0v) is 13.2. The molecule has 1 atom stereocenters. The Hall–Kier alpha value is -2.34. The first kappa shape index (κ1) is 16.0. The van der Waals surface area contributed by atoms with Crippen LogP contribution < -0.4 is 10.5 Å². The highest BCUT2D eigenvalue weighted by Gasteiger charge is 2.17. The Morgan fingerprint density at radius 3 is 2.68 bits per heavy atom. The third kappa shape index (κ3) is 3.65. The number of methoxy groups -OCH3 is 1. The van der Waals surface area contributed by atoms with Crippen LogP contribution in [0.25, 0.3) is 0 Å². The second kappa shape index (κ2) is 7.09. The maximum absolute atomic E-state index is 12.3. The van der Waals surface area contributed by atoms with Crippen molar-refractivity contribution in [2.75, 3.05) is 20.7 Å². The standard InChI is InChI=1S/C16H22N4O2/c1-12(8-17)19(2)16(21)14-9-18-20(11-14)10-13-4-6-15(22-3)7-5-13/h4-7,9,11-12H,8,10,17H2,1-3H3. The van der Waals surface area contributed by atoms with E-state index in [4.69, 9.17) is 10.5 Å². The lowest BCUT2D eigenvalue weighted by Crippen LogP contribution is -2.39. The van der Waals surface area contributed by atoms with E-state index in [1.807, 2.05) is 31.2 Å². The van der Waals surface area contributed by atoms with E-state index in [1.165, 1.54) is 0 Å². The topological polar surface area (TPSA) is 73.4 Å². The molecule has 22 heavy (non-hydrogen) atoms. The number of nitrogens with zero attached hydrogens (tertiary/aromatic N) is 3. The molecule has 1 amide bonds. The Kier molecular flexibility index (Phi) is 5.16. The minimum atomic E-state index is -0.0704. The fraction of sp³-hybridized carbons (Fsp3) is 0.375. The molecule has 0 spiro atoms. The van der Waals surface area contributed by atoms with Crippen LogP contribution in [-0.2, 0) is 6.54 Å². The lowest BCUT2D eigenvalue weighted by atomic mass is 10.2. The van der Waals surface area contributed by atoms with E-state index in [2.05, 4.69) is 5.10 Å². The third-order valence-corrected chi connectivity index (χ3v) is 3.71. The molecule has 1 aromatic heterocycles. The number of ether oxygens (including phenoxy) is 1. The highest BCUT2D eigenvalue weighted by Crippen LogP contribution is 2.13. The monoisotopic (exact) mass is 302 g/mol. The summed E-state index contributed by atoms with van der Waals surface area (Å²) in [6.45, 7) is 2.95. The fourth-order valence-corrected chi connectivity index (χ4v) is 2.04. The lowest BCUT2D eigenvalue weighted by Gasteiger charge is -2.22. The third-order valence-electron chi connectivity index (χ3n) is 3.71.